The summed E-state index contributed by atoms with van der Waals surface area (Å²) in [5.41, 5.74) is 1.58. The number of carbonyl (C=O) groups is 1. The first kappa shape index (κ1) is 16.4. The molecule has 0 spiro atoms. The molecule has 6 nitrogen and oxygen atoms in total. The van der Waals surface area contributed by atoms with Gasteiger partial charge in [0.15, 0.2) is 0 Å². The molecule has 2 heterocycles. The summed E-state index contributed by atoms with van der Waals surface area (Å²) in [5, 5.41) is 0. The molecule has 3 rings (SSSR count). The molecule has 0 bridgehead atoms. The van der Waals surface area contributed by atoms with Crippen LogP contribution in [0.15, 0.2) is 42.9 Å². The third-order valence-corrected chi connectivity index (χ3v) is 4.09. The van der Waals surface area contributed by atoms with Gasteiger partial charge in [-0.15, -0.1) is 0 Å². The molecule has 1 aliphatic heterocycles. The molecule has 0 N–H and O–H groups in total. The highest BCUT2D eigenvalue weighted by Crippen LogP contribution is 2.18. The molecule has 1 aromatic carbocycles. The number of carbonyl (C=O) groups excluding carboxylic acids is 1. The lowest BCUT2D eigenvalue weighted by Crippen LogP contribution is -2.36. The van der Waals surface area contributed by atoms with E-state index in [1.165, 1.54) is 18.0 Å². The van der Waals surface area contributed by atoms with Crippen LogP contribution in [0.2, 0.25) is 0 Å². The smallest absolute Gasteiger partial charge is 0.274 e. The molecule has 126 valence electrons. The maximum absolute atomic E-state index is 12.6. The van der Waals surface area contributed by atoms with E-state index in [2.05, 4.69) is 22.1 Å². The number of aromatic nitrogens is 2. The van der Waals surface area contributed by atoms with Crippen LogP contribution < -0.4 is 4.74 Å². The molecular weight excluding hydrogens is 306 g/mol. The first-order chi connectivity index (χ1) is 11.8. The molecule has 24 heavy (non-hydrogen) atoms. The molecule has 1 atom stereocenters. The maximum Gasteiger partial charge on any atom is 0.274 e. The first-order valence-corrected chi connectivity index (χ1v) is 8.02. The Morgan fingerprint density at radius 1 is 1.33 bits per heavy atom. The van der Waals surface area contributed by atoms with Gasteiger partial charge in [-0.2, -0.15) is 0 Å². The molecule has 2 aromatic rings. The van der Waals surface area contributed by atoms with Gasteiger partial charge in [0.1, 0.15) is 11.4 Å². The number of benzene rings is 1. The number of amides is 1. The Labute approximate surface area is 141 Å². The van der Waals surface area contributed by atoms with Crippen LogP contribution in [0.5, 0.6) is 5.75 Å². The summed E-state index contributed by atoms with van der Waals surface area (Å²) in [7, 11) is 1.66. The van der Waals surface area contributed by atoms with Gasteiger partial charge in [-0.1, -0.05) is 12.1 Å². The summed E-state index contributed by atoms with van der Waals surface area (Å²) in [6, 6.07) is 8.02. The summed E-state index contributed by atoms with van der Waals surface area (Å²) in [5.74, 6) is 1.00. The van der Waals surface area contributed by atoms with Crippen LogP contribution >= 0.6 is 0 Å². The quantitative estimate of drug-likeness (QED) is 0.857. The van der Waals surface area contributed by atoms with E-state index < -0.39 is 0 Å². The average molecular weight is 327 g/mol. The number of hydrogen-bond donors (Lipinski definition) is 0. The van der Waals surface area contributed by atoms with Crippen molar-refractivity contribution >= 4 is 5.91 Å². The number of nitrogens with zero attached hydrogens (tertiary/aromatic N) is 3. The lowest BCUT2D eigenvalue weighted by atomic mass is 9.99. The van der Waals surface area contributed by atoms with Gasteiger partial charge in [-0.05, 0) is 24.1 Å². The molecule has 1 saturated heterocycles. The fraction of sp³-hybridized carbons (Fsp3) is 0.389. The number of rotatable bonds is 4. The second kappa shape index (κ2) is 7.88. The summed E-state index contributed by atoms with van der Waals surface area (Å²) in [4.78, 5) is 22.5. The minimum absolute atomic E-state index is 0.0895. The molecule has 1 unspecified atom stereocenters. The van der Waals surface area contributed by atoms with Crippen LogP contribution in [0.25, 0.3) is 0 Å². The van der Waals surface area contributed by atoms with Crippen LogP contribution in [0.1, 0.15) is 16.1 Å². The third-order valence-electron chi connectivity index (χ3n) is 4.09. The number of hydrogen-bond acceptors (Lipinski definition) is 5. The third kappa shape index (κ3) is 4.08. The summed E-state index contributed by atoms with van der Waals surface area (Å²) >= 11 is 0. The summed E-state index contributed by atoms with van der Waals surface area (Å²) < 4.78 is 10.9. The van der Waals surface area contributed by atoms with Gasteiger partial charge >= 0.3 is 0 Å². The van der Waals surface area contributed by atoms with E-state index in [1.54, 1.807) is 13.3 Å². The fourth-order valence-corrected chi connectivity index (χ4v) is 2.85. The largest absolute Gasteiger partial charge is 0.497 e. The minimum atomic E-state index is -0.0895. The SMILES string of the molecule is COc1ccc(CC2COCCN(C(=O)c3cnccn3)C2)cc1. The van der Waals surface area contributed by atoms with Crippen molar-refractivity contribution in [2.75, 3.05) is 33.4 Å². The lowest BCUT2D eigenvalue weighted by Gasteiger charge is -2.23. The Hall–Kier alpha value is -2.47. The van der Waals surface area contributed by atoms with Crippen molar-refractivity contribution in [3.05, 3.63) is 54.1 Å². The molecular formula is C18H21N3O3. The second-order valence-electron chi connectivity index (χ2n) is 5.83. The van der Waals surface area contributed by atoms with Gasteiger partial charge in [0.2, 0.25) is 0 Å². The highest BCUT2D eigenvalue weighted by Gasteiger charge is 2.24. The van der Waals surface area contributed by atoms with Gasteiger partial charge in [0, 0.05) is 31.4 Å². The van der Waals surface area contributed by atoms with Crippen molar-refractivity contribution in [2.45, 2.75) is 6.42 Å². The Kier molecular flexibility index (Phi) is 5.38. The summed E-state index contributed by atoms with van der Waals surface area (Å²) in [6.07, 6.45) is 5.46. The molecule has 0 saturated carbocycles. The fourth-order valence-electron chi connectivity index (χ4n) is 2.85. The zero-order valence-electron chi connectivity index (χ0n) is 13.7. The standard InChI is InChI=1S/C18H21N3O3/c1-23-16-4-2-14(3-5-16)10-15-12-21(8-9-24-13-15)18(22)17-11-19-6-7-20-17/h2-7,11,15H,8-10,12-13H2,1H3. The Morgan fingerprint density at radius 2 is 2.17 bits per heavy atom. The predicted octanol–water partition coefficient (Wildman–Crippen LogP) is 1.82. The van der Waals surface area contributed by atoms with Crippen LogP contribution in [0.3, 0.4) is 0 Å². The summed E-state index contributed by atoms with van der Waals surface area (Å²) in [6.45, 7) is 2.43. The first-order valence-electron chi connectivity index (χ1n) is 8.02. The van der Waals surface area contributed by atoms with E-state index >= 15 is 0 Å². The van der Waals surface area contributed by atoms with Crippen LogP contribution in [-0.4, -0.2) is 54.2 Å². The predicted molar refractivity (Wildman–Crippen MR) is 88.9 cm³/mol. The van der Waals surface area contributed by atoms with E-state index in [0.717, 1.165) is 12.2 Å². The van der Waals surface area contributed by atoms with Crippen molar-refractivity contribution in [2.24, 2.45) is 5.92 Å². The van der Waals surface area contributed by atoms with E-state index in [0.29, 0.717) is 32.0 Å². The van der Waals surface area contributed by atoms with Gasteiger partial charge in [-0.25, -0.2) is 4.98 Å². The van der Waals surface area contributed by atoms with Crippen molar-refractivity contribution in [3.8, 4) is 5.75 Å². The van der Waals surface area contributed by atoms with Crippen LogP contribution in [-0.2, 0) is 11.2 Å². The molecule has 1 amide bonds. The van der Waals surface area contributed by atoms with Crippen molar-refractivity contribution in [3.63, 3.8) is 0 Å². The molecule has 1 fully saturated rings. The van der Waals surface area contributed by atoms with E-state index in [4.69, 9.17) is 9.47 Å². The zero-order valence-corrected chi connectivity index (χ0v) is 13.7. The Morgan fingerprint density at radius 3 is 2.88 bits per heavy atom. The monoisotopic (exact) mass is 327 g/mol. The van der Waals surface area contributed by atoms with Crippen molar-refractivity contribution < 1.29 is 14.3 Å². The van der Waals surface area contributed by atoms with E-state index in [9.17, 15) is 4.79 Å². The molecule has 1 aliphatic rings. The van der Waals surface area contributed by atoms with E-state index in [1.807, 2.05) is 17.0 Å². The highest BCUT2D eigenvalue weighted by atomic mass is 16.5. The number of methoxy groups -OCH3 is 1. The molecule has 0 radical (unpaired) electrons. The lowest BCUT2D eigenvalue weighted by molar-refractivity contribution is 0.0731. The minimum Gasteiger partial charge on any atom is -0.497 e. The van der Waals surface area contributed by atoms with E-state index in [-0.39, 0.29) is 11.8 Å². The maximum atomic E-state index is 12.6. The number of ether oxygens (including phenoxy) is 2. The van der Waals surface area contributed by atoms with Gasteiger partial charge < -0.3 is 14.4 Å². The molecule has 1 aromatic heterocycles. The van der Waals surface area contributed by atoms with Gasteiger partial charge in [0.25, 0.3) is 5.91 Å². The van der Waals surface area contributed by atoms with Crippen LogP contribution in [0, 0.1) is 5.92 Å². The normalized spacial score (nSPS) is 18.0. The van der Waals surface area contributed by atoms with Gasteiger partial charge in [0.05, 0.1) is 26.5 Å². The molecule has 6 heteroatoms. The van der Waals surface area contributed by atoms with Crippen molar-refractivity contribution in [1.29, 1.82) is 0 Å². The highest BCUT2D eigenvalue weighted by molar-refractivity contribution is 5.92. The van der Waals surface area contributed by atoms with Crippen LogP contribution in [0.4, 0.5) is 0 Å². The average Bonchev–Trinajstić information content (AvgIpc) is 2.88. The van der Waals surface area contributed by atoms with Crippen molar-refractivity contribution in [1.82, 2.24) is 14.9 Å². The van der Waals surface area contributed by atoms with Gasteiger partial charge in [-0.3, -0.25) is 9.78 Å². The topological polar surface area (TPSA) is 64.6 Å². The Bertz CT molecular complexity index is 661. The second-order valence-corrected chi connectivity index (χ2v) is 5.83. The molecule has 0 aliphatic carbocycles. The Balaban J connectivity index is 1.66. The zero-order chi connectivity index (χ0) is 16.8.